The Bertz CT molecular complexity index is 481. The topological polar surface area (TPSA) is 85.2 Å². The van der Waals surface area contributed by atoms with Crippen LogP contribution in [-0.2, 0) is 10.1 Å². The van der Waals surface area contributed by atoms with Crippen LogP contribution in [0.25, 0.3) is 0 Å². The van der Waals surface area contributed by atoms with Gasteiger partial charge in [0.05, 0.1) is 22.2 Å². The van der Waals surface area contributed by atoms with E-state index in [0.29, 0.717) is 37.8 Å². The third kappa shape index (κ3) is 6.65. The van der Waals surface area contributed by atoms with Gasteiger partial charge < -0.3 is 9.45 Å². The Morgan fingerprint density at radius 2 is 1.29 bits per heavy atom. The summed E-state index contributed by atoms with van der Waals surface area (Å²) in [7, 11) is -4.13. The summed E-state index contributed by atoms with van der Waals surface area (Å²) in [6.45, 7) is 6.65. The van der Waals surface area contributed by atoms with E-state index in [4.69, 9.17) is 0 Å². The first-order valence-electron chi connectivity index (χ1n) is 9.02. The van der Waals surface area contributed by atoms with E-state index >= 15 is 0 Å². The Kier molecular flexibility index (Phi) is 9.92. The largest absolute Gasteiger partial charge is 1.00 e. The molecule has 0 N–H and O–H groups in total. The van der Waals surface area contributed by atoms with Gasteiger partial charge in [0, 0.05) is 11.3 Å². The van der Waals surface area contributed by atoms with E-state index in [2.05, 4.69) is 29.0 Å². The van der Waals surface area contributed by atoms with Gasteiger partial charge in [-0.05, 0) is 64.5 Å². The number of rotatable bonds is 6. The van der Waals surface area contributed by atoms with Crippen LogP contribution >= 0.6 is 0 Å². The minimum Gasteiger partial charge on any atom is -0.748 e. The molecule has 0 aliphatic heterocycles. The fourth-order valence-electron chi connectivity index (χ4n) is 3.92. The molecule has 0 atom stereocenters. The monoisotopic (exact) mass is 367 g/mol. The fourth-order valence-corrected chi connectivity index (χ4v) is 4.77. The molecule has 24 heavy (non-hydrogen) atoms. The van der Waals surface area contributed by atoms with Gasteiger partial charge in [0.1, 0.15) is 0 Å². The van der Waals surface area contributed by atoms with E-state index in [1.165, 1.54) is 12.8 Å². The molecule has 0 aromatic rings. The molecule has 2 aliphatic carbocycles. The summed E-state index contributed by atoms with van der Waals surface area (Å²) in [4.78, 5) is 2.53. The Hall–Kier alpha value is 0.470. The van der Waals surface area contributed by atoms with Crippen molar-refractivity contribution in [2.75, 3.05) is 13.1 Å². The van der Waals surface area contributed by atoms with E-state index < -0.39 is 15.4 Å². The van der Waals surface area contributed by atoms with Gasteiger partial charge in [-0.3, -0.25) is 0 Å². The molecule has 0 amide bonds. The van der Waals surface area contributed by atoms with Crippen LogP contribution in [0.3, 0.4) is 0 Å². The van der Waals surface area contributed by atoms with E-state index in [1.54, 1.807) is 0 Å². The minimum atomic E-state index is -4.13. The first kappa shape index (κ1) is 22.5. The number of nitrogens with zero attached hydrogens (tertiary/aromatic N) is 3. The van der Waals surface area contributed by atoms with Crippen LogP contribution in [0.4, 0.5) is 0 Å². The molecule has 0 heterocycles. The predicted molar refractivity (Wildman–Crippen MR) is 89.6 cm³/mol. The maximum atomic E-state index is 11.0. The predicted octanol–water partition coefficient (Wildman–Crippen LogP) is -0.0480. The van der Waals surface area contributed by atoms with Crippen molar-refractivity contribution in [2.24, 2.45) is 10.2 Å². The van der Waals surface area contributed by atoms with Crippen LogP contribution in [0.1, 0.15) is 65.2 Å². The first-order valence-corrected chi connectivity index (χ1v) is 10.5. The minimum absolute atomic E-state index is 0. The molecule has 0 aromatic carbocycles. The van der Waals surface area contributed by atoms with Gasteiger partial charge in [0.2, 0.25) is 0 Å². The van der Waals surface area contributed by atoms with Crippen LogP contribution in [0.5, 0.6) is 0 Å². The Labute approximate surface area is 168 Å². The third-order valence-corrected chi connectivity index (χ3v) is 6.73. The maximum Gasteiger partial charge on any atom is 1.00 e. The molecule has 0 aromatic heterocycles. The van der Waals surface area contributed by atoms with Gasteiger partial charge in [-0.25, -0.2) is 8.42 Å². The molecule has 0 unspecified atom stereocenters. The van der Waals surface area contributed by atoms with Crippen molar-refractivity contribution in [1.82, 2.24) is 4.90 Å². The molecule has 2 rings (SSSR count). The molecule has 2 saturated carbocycles. The summed E-state index contributed by atoms with van der Waals surface area (Å²) >= 11 is 0. The van der Waals surface area contributed by atoms with Crippen LogP contribution < -0.4 is 29.6 Å². The second kappa shape index (κ2) is 10.6. The molecule has 0 saturated heterocycles. The van der Waals surface area contributed by atoms with E-state index in [-0.39, 0.29) is 35.6 Å². The summed E-state index contributed by atoms with van der Waals surface area (Å²) in [5.41, 5.74) is 0. The fraction of sp³-hybridized carbons (Fsp3) is 1.00. The quantitative estimate of drug-likeness (QED) is 0.374. The van der Waals surface area contributed by atoms with E-state index in [9.17, 15) is 13.0 Å². The molecule has 2 aliphatic rings. The third-order valence-electron chi connectivity index (χ3n) is 5.44. The number of hydrogen-bond acceptors (Lipinski definition) is 6. The maximum absolute atomic E-state index is 11.0. The second-order valence-electron chi connectivity index (χ2n) is 6.84. The molecule has 0 radical (unpaired) electrons. The first-order chi connectivity index (χ1) is 10.9. The van der Waals surface area contributed by atoms with Crippen LogP contribution in [0.15, 0.2) is 10.2 Å². The summed E-state index contributed by atoms with van der Waals surface area (Å²) in [6, 6.07) is 1.12. The smallest absolute Gasteiger partial charge is 0.748 e. The standard InChI is InChI=1S/C16H31N3O3S.Na/c1-3-19(4-2)15-9-5-13(6-10-15)17-18-14-7-11-16(12-8-14)23(20,21)22;/h13-16H,3-12H2,1-2H3,(H,20,21,22);/q;+1/p-1. The molecule has 134 valence electrons. The van der Waals surface area contributed by atoms with Crippen LogP contribution in [-0.4, -0.2) is 54.3 Å². The van der Waals surface area contributed by atoms with Crippen molar-refractivity contribution < 1.29 is 42.5 Å². The molecule has 6 nitrogen and oxygen atoms in total. The average Bonchev–Trinajstić information content (AvgIpc) is 2.55. The van der Waals surface area contributed by atoms with E-state index in [0.717, 1.165) is 25.9 Å². The van der Waals surface area contributed by atoms with Gasteiger partial charge in [0.15, 0.2) is 0 Å². The van der Waals surface area contributed by atoms with Crippen molar-refractivity contribution >= 4 is 10.1 Å². The summed E-state index contributed by atoms with van der Waals surface area (Å²) in [5, 5.41) is 8.26. The molecule has 0 spiro atoms. The van der Waals surface area contributed by atoms with E-state index in [1.807, 2.05) is 0 Å². The molecule has 8 heteroatoms. The molecular formula is C16H30N3NaO3S. The molecule has 2 fully saturated rings. The van der Waals surface area contributed by atoms with Gasteiger partial charge in [-0.15, -0.1) is 0 Å². The zero-order chi connectivity index (χ0) is 16.9. The van der Waals surface area contributed by atoms with Crippen molar-refractivity contribution in [3.05, 3.63) is 0 Å². The molecular weight excluding hydrogens is 337 g/mol. The average molecular weight is 367 g/mol. The zero-order valence-electron chi connectivity index (χ0n) is 15.4. The van der Waals surface area contributed by atoms with Gasteiger partial charge in [-0.2, -0.15) is 10.2 Å². The second-order valence-corrected chi connectivity index (χ2v) is 8.49. The summed E-state index contributed by atoms with van der Waals surface area (Å²) in [6.07, 6.45) is 6.77. The summed E-state index contributed by atoms with van der Waals surface area (Å²) < 4.78 is 33.1. The normalized spacial score (nSPS) is 32.0. The Balaban J connectivity index is 0.00000288. The zero-order valence-corrected chi connectivity index (χ0v) is 18.2. The molecule has 0 bridgehead atoms. The van der Waals surface area contributed by atoms with Gasteiger partial charge in [0.25, 0.3) is 0 Å². The van der Waals surface area contributed by atoms with Crippen LogP contribution in [0, 0.1) is 0 Å². The SMILES string of the molecule is CCN(CC)C1CCC(N=NC2CCC(S(=O)(=O)[O-])CC2)CC1.[Na+]. The van der Waals surface area contributed by atoms with Gasteiger partial charge in [-0.1, -0.05) is 13.8 Å². The van der Waals surface area contributed by atoms with Gasteiger partial charge >= 0.3 is 29.6 Å². The van der Waals surface area contributed by atoms with Crippen molar-refractivity contribution in [2.45, 2.75) is 88.6 Å². The van der Waals surface area contributed by atoms with Crippen molar-refractivity contribution in [3.63, 3.8) is 0 Å². The number of azo groups is 1. The Morgan fingerprint density at radius 3 is 1.67 bits per heavy atom. The summed E-state index contributed by atoms with van der Waals surface area (Å²) in [5.74, 6) is 0. The number of hydrogen-bond donors (Lipinski definition) is 0. The van der Waals surface area contributed by atoms with Crippen molar-refractivity contribution in [1.29, 1.82) is 0 Å². The Morgan fingerprint density at radius 1 is 0.875 bits per heavy atom. The van der Waals surface area contributed by atoms with Crippen molar-refractivity contribution in [3.8, 4) is 0 Å². The van der Waals surface area contributed by atoms with Crippen LogP contribution in [0.2, 0.25) is 0 Å².